The Kier molecular flexibility index (Phi) is 2.69. The molecule has 10 heavy (non-hydrogen) atoms. The molecule has 1 atom stereocenters. The van der Waals surface area contributed by atoms with Crippen LogP contribution in [-0.4, -0.2) is 18.7 Å². The summed E-state index contributed by atoms with van der Waals surface area (Å²) in [6, 6.07) is 0. The average molecular weight is 270 g/mol. The van der Waals surface area contributed by atoms with Gasteiger partial charge in [-0.15, -0.1) is 0 Å². The lowest BCUT2D eigenvalue weighted by Gasteiger charge is -1.90. The largest absolute Gasteiger partial charge is 0.301 e. The fourth-order valence-corrected chi connectivity index (χ4v) is 0.955. The van der Waals surface area contributed by atoms with Crippen LogP contribution >= 0.6 is 22.6 Å². The lowest BCUT2D eigenvalue weighted by molar-refractivity contribution is 0.559. The van der Waals surface area contributed by atoms with E-state index < -0.39 is 11.1 Å². The van der Waals surface area contributed by atoms with Gasteiger partial charge in [-0.25, -0.2) is 14.2 Å². The van der Waals surface area contributed by atoms with Gasteiger partial charge in [0.1, 0.15) is 3.70 Å². The van der Waals surface area contributed by atoms with Gasteiger partial charge < -0.3 is 4.55 Å². The molecule has 1 rings (SSSR count). The van der Waals surface area contributed by atoms with E-state index in [4.69, 9.17) is 4.55 Å². The van der Waals surface area contributed by atoms with Crippen molar-refractivity contribution >= 4 is 33.7 Å². The number of hydrogen-bond donors (Lipinski definition) is 1. The van der Waals surface area contributed by atoms with Crippen molar-refractivity contribution in [2.24, 2.45) is 0 Å². The molecular weight excluding hydrogens is 267 g/mol. The van der Waals surface area contributed by atoms with Crippen LogP contribution < -0.4 is 0 Å². The van der Waals surface area contributed by atoms with E-state index in [-0.39, 0.29) is 5.03 Å². The lowest BCUT2D eigenvalue weighted by atomic mass is 10.8. The highest BCUT2D eigenvalue weighted by atomic mass is 127. The van der Waals surface area contributed by atoms with Crippen molar-refractivity contribution in [2.75, 3.05) is 0 Å². The summed E-state index contributed by atoms with van der Waals surface area (Å²) in [6.07, 6.45) is 2.71. The Morgan fingerprint density at radius 3 is 2.60 bits per heavy atom. The molecule has 1 aromatic heterocycles. The Morgan fingerprint density at radius 1 is 1.50 bits per heavy atom. The zero-order valence-electron chi connectivity index (χ0n) is 4.69. The first-order valence-electron chi connectivity index (χ1n) is 2.28. The van der Waals surface area contributed by atoms with Crippen molar-refractivity contribution in [3.63, 3.8) is 0 Å². The molecule has 0 aliphatic heterocycles. The first-order chi connectivity index (χ1) is 4.70. The van der Waals surface area contributed by atoms with Crippen molar-refractivity contribution in [2.45, 2.75) is 5.03 Å². The van der Waals surface area contributed by atoms with Crippen molar-refractivity contribution < 1.29 is 8.76 Å². The molecule has 0 aliphatic carbocycles. The third-order valence-corrected chi connectivity index (χ3v) is 1.90. The summed E-state index contributed by atoms with van der Waals surface area (Å²) in [5.41, 5.74) is 0. The third-order valence-electron chi connectivity index (χ3n) is 0.776. The Balaban J connectivity index is 3.00. The summed E-state index contributed by atoms with van der Waals surface area (Å²) in [5.74, 6) is 0. The van der Waals surface area contributed by atoms with Crippen LogP contribution in [0.1, 0.15) is 0 Å². The summed E-state index contributed by atoms with van der Waals surface area (Å²) in [7, 11) is 0. The minimum atomic E-state index is -2.01. The zero-order chi connectivity index (χ0) is 7.56. The van der Waals surface area contributed by atoms with Gasteiger partial charge in [-0.05, 0) is 22.6 Å². The lowest BCUT2D eigenvalue weighted by Crippen LogP contribution is -1.94. The Hall–Kier alpha value is -0.0800. The van der Waals surface area contributed by atoms with Gasteiger partial charge in [0.25, 0.3) is 0 Å². The molecule has 0 spiro atoms. The molecule has 0 amide bonds. The van der Waals surface area contributed by atoms with Crippen LogP contribution in [0.3, 0.4) is 0 Å². The first kappa shape index (κ1) is 8.02. The van der Waals surface area contributed by atoms with Crippen LogP contribution in [0.4, 0.5) is 0 Å². The summed E-state index contributed by atoms with van der Waals surface area (Å²) in [6.45, 7) is 0. The van der Waals surface area contributed by atoms with Crippen LogP contribution in [0, 0.1) is 3.70 Å². The maximum atomic E-state index is 10.3. The number of halogens is 1. The molecule has 1 heterocycles. The van der Waals surface area contributed by atoms with E-state index in [1.807, 2.05) is 22.6 Å². The summed E-state index contributed by atoms with van der Waals surface area (Å²) < 4.78 is 19.5. The van der Waals surface area contributed by atoms with Crippen LogP contribution in [0.25, 0.3) is 0 Å². The van der Waals surface area contributed by atoms with E-state index in [1.165, 1.54) is 12.4 Å². The quantitative estimate of drug-likeness (QED) is 0.601. The minimum Gasteiger partial charge on any atom is -0.301 e. The topological polar surface area (TPSA) is 63.1 Å². The summed E-state index contributed by atoms with van der Waals surface area (Å²) in [4.78, 5) is 7.43. The molecule has 6 heteroatoms. The second-order valence-corrected chi connectivity index (χ2v) is 3.45. The maximum Gasteiger partial charge on any atom is 0.207 e. The van der Waals surface area contributed by atoms with E-state index in [2.05, 4.69) is 9.97 Å². The maximum absolute atomic E-state index is 10.3. The fourth-order valence-electron chi connectivity index (χ4n) is 0.391. The summed E-state index contributed by atoms with van der Waals surface area (Å²) in [5, 5.41) is 0.0837. The van der Waals surface area contributed by atoms with Gasteiger partial charge in [-0.1, -0.05) is 0 Å². The van der Waals surface area contributed by atoms with Crippen molar-refractivity contribution in [3.8, 4) is 0 Å². The molecule has 54 valence electrons. The van der Waals surface area contributed by atoms with Gasteiger partial charge in [0.05, 0.1) is 12.4 Å². The molecule has 1 unspecified atom stereocenters. The van der Waals surface area contributed by atoms with E-state index in [9.17, 15) is 4.21 Å². The molecule has 0 bridgehead atoms. The van der Waals surface area contributed by atoms with E-state index >= 15 is 0 Å². The molecule has 0 saturated carbocycles. The van der Waals surface area contributed by atoms with Crippen LogP contribution in [0.5, 0.6) is 0 Å². The minimum absolute atomic E-state index is 0.0837. The highest BCUT2D eigenvalue weighted by molar-refractivity contribution is 14.1. The van der Waals surface area contributed by atoms with Gasteiger partial charge in [-0.2, -0.15) is 0 Å². The predicted octanol–water partition coefficient (Wildman–Crippen LogP) is 0.662. The normalized spacial score (nSPS) is 13.0. The Morgan fingerprint density at radius 2 is 2.20 bits per heavy atom. The molecule has 0 fully saturated rings. The molecule has 1 N–H and O–H groups in total. The van der Waals surface area contributed by atoms with Crippen molar-refractivity contribution in [3.05, 3.63) is 16.1 Å². The van der Waals surface area contributed by atoms with E-state index in [0.29, 0.717) is 3.70 Å². The highest BCUT2D eigenvalue weighted by Crippen LogP contribution is 2.00. The number of hydrogen-bond acceptors (Lipinski definition) is 3. The second kappa shape index (κ2) is 3.35. The molecular formula is C4H3IN2O2S. The number of nitrogens with zero attached hydrogens (tertiary/aromatic N) is 2. The molecule has 4 nitrogen and oxygen atoms in total. The molecule has 1 aromatic rings. The van der Waals surface area contributed by atoms with Gasteiger partial charge in [0, 0.05) is 0 Å². The fraction of sp³-hybridized carbons (Fsp3) is 0. The zero-order valence-corrected chi connectivity index (χ0v) is 7.66. The van der Waals surface area contributed by atoms with Crippen LogP contribution in [0.15, 0.2) is 17.4 Å². The van der Waals surface area contributed by atoms with Crippen molar-refractivity contribution in [1.29, 1.82) is 0 Å². The van der Waals surface area contributed by atoms with Gasteiger partial charge in [0.15, 0.2) is 5.03 Å². The van der Waals surface area contributed by atoms with Gasteiger partial charge in [0.2, 0.25) is 11.1 Å². The van der Waals surface area contributed by atoms with Crippen LogP contribution in [-0.2, 0) is 11.1 Å². The standard InChI is InChI=1S/C4H3IN2O2S/c5-3-1-7-4(2-6-3)10(8)9/h1-2H,(H,8,9). The van der Waals surface area contributed by atoms with Crippen LogP contribution in [0.2, 0.25) is 0 Å². The number of aromatic nitrogens is 2. The van der Waals surface area contributed by atoms with E-state index in [1.54, 1.807) is 0 Å². The predicted molar refractivity (Wildman–Crippen MR) is 43.8 cm³/mol. The van der Waals surface area contributed by atoms with Gasteiger partial charge >= 0.3 is 0 Å². The smallest absolute Gasteiger partial charge is 0.207 e. The molecule has 0 aromatic carbocycles. The molecule has 0 radical (unpaired) electrons. The summed E-state index contributed by atoms with van der Waals surface area (Å²) >= 11 is -0.0485. The van der Waals surface area contributed by atoms with Gasteiger partial charge in [-0.3, -0.25) is 0 Å². The first-order valence-corrected chi connectivity index (χ1v) is 4.47. The highest BCUT2D eigenvalue weighted by Gasteiger charge is 1.99. The monoisotopic (exact) mass is 270 g/mol. The van der Waals surface area contributed by atoms with Crippen molar-refractivity contribution in [1.82, 2.24) is 9.97 Å². The molecule has 0 aliphatic rings. The average Bonchev–Trinajstić information content (AvgIpc) is 1.88. The number of rotatable bonds is 1. The Bertz CT molecular complexity index is 250. The third kappa shape index (κ3) is 1.96. The van der Waals surface area contributed by atoms with E-state index in [0.717, 1.165) is 0 Å². The molecule has 0 saturated heterocycles. The Labute approximate surface area is 73.5 Å². The SMILES string of the molecule is O=S(O)c1cnc(I)cn1. The second-order valence-electron chi connectivity index (χ2n) is 1.43.